The second-order valence-electron chi connectivity index (χ2n) is 3.75. The van der Waals surface area contributed by atoms with Gasteiger partial charge in [0.2, 0.25) is 5.91 Å². The summed E-state index contributed by atoms with van der Waals surface area (Å²) in [4.78, 5) is 22.6. The molecule has 0 saturated heterocycles. The Balaban J connectivity index is 2.16. The SMILES string of the molecule is O=C(Cn1cccn1)Nc1cc(F)ccc1C(=O)O. The minimum atomic E-state index is -1.24. The van der Waals surface area contributed by atoms with Gasteiger partial charge in [0.05, 0.1) is 11.3 Å². The van der Waals surface area contributed by atoms with Gasteiger partial charge in [0.15, 0.2) is 0 Å². The lowest BCUT2D eigenvalue weighted by Gasteiger charge is -2.08. The van der Waals surface area contributed by atoms with Gasteiger partial charge in [0.25, 0.3) is 0 Å². The standard InChI is InChI=1S/C12H10FN3O3/c13-8-2-3-9(12(18)19)10(6-8)15-11(17)7-16-5-1-4-14-16/h1-6H,7H2,(H,15,17)(H,18,19). The van der Waals surface area contributed by atoms with Crippen LogP contribution in [0.4, 0.5) is 10.1 Å². The van der Waals surface area contributed by atoms with Crippen molar-refractivity contribution in [3.63, 3.8) is 0 Å². The van der Waals surface area contributed by atoms with Crippen molar-refractivity contribution < 1.29 is 19.1 Å². The van der Waals surface area contributed by atoms with Crippen LogP contribution in [0.15, 0.2) is 36.7 Å². The van der Waals surface area contributed by atoms with Crippen LogP contribution in [0.3, 0.4) is 0 Å². The molecule has 0 aliphatic heterocycles. The zero-order valence-corrected chi connectivity index (χ0v) is 9.71. The first-order valence-electron chi connectivity index (χ1n) is 5.36. The van der Waals surface area contributed by atoms with Crippen LogP contribution in [-0.2, 0) is 11.3 Å². The second kappa shape index (κ2) is 5.30. The maximum atomic E-state index is 13.1. The van der Waals surface area contributed by atoms with Crippen molar-refractivity contribution in [2.75, 3.05) is 5.32 Å². The highest BCUT2D eigenvalue weighted by atomic mass is 19.1. The number of aromatic nitrogens is 2. The molecule has 2 N–H and O–H groups in total. The highest BCUT2D eigenvalue weighted by Gasteiger charge is 2.13. The first-order chi connectivity index (χ1) is 9.06. The minimum absolute atomic E-state index is 0.0790. The molecule has 1 aromatic carbocycles. The largest absolute Gasteiger partial charge is 0.478 e. The topological polar surface area (TPSA) is 84.2 Å². The van der Waals surface area contributed by atoms with Gasteiger partial charge in [-0.3, -0.25) is 9.48 Å². The summed E-state index contributed by atoms with van der Waals surface area (Å²) in [7, 11) is 0. The predicted octanol–water partition coefficient (Wildman–Crippen LogP) is 1.36. The number of carbonyl (C=O) groups is 2. The number of halogens is 1. The van der Waals surface area contributed by atoms with Gasteiger partial charge in [-0.2, -0.15) is 5.10 Å². The first kappa shape index (κ1) is 12.7. The number of anilines is 1. The number of nitrogens with one attached hydrogen (secondary N) is 1. The summed E-state index contributed by atoms with van der Waals surface area (Å²) in [5.74, 6) is -2.36. The van der Waals surface area contributed by atoms with Crippen LogP contribution in [0.5, 0.6) is 0 Å². The normalized spacial score (nSPS) is 10.2. The van der Waals surface area contributed by atoms with Gasteiger partial charge < -0.3 is 10.4 Å². The summed E-state index contributed by atoms with van der Waals surface area (Å²) in [6.45, 7) is -0.0808. The third kappa shape index (κ3) is 3.15. The number of nitrogens with zero attached hydrogens (tertiary/aromatic N) is 2. The van der Waals surface area contributed by atoms with E-state index in [1.54, 1.807) is 12.3 Å². The molecule has 2 rings (SSSR count). The predicted molar refractivity (Wildman–Crippen MR) is 64.2 cm³/mol. The van der Waals surface area contributed by atoms with Crippen molar-refractivity contribution >= 4 is 17.6 Å². The van der Waals surface area contributed by atoms with Crippen LogP contribution in [0.1, 0.15) is 10.4 Å². The lowest BCUT2D eigenvalue weighted by atomic mass is 10.1. The molecule has 2 aromatic rings. The molecule has 0 bridgehead atoms. The Bertz CT molecular complexity index is 611. The van der Waals surface area contributed by atoms with Crippen molar-refractivity contribution in [2.24, 2.45) is 0 Å². The first-order valence-corrected chi connectivity index (χ1v) is 5.36. The molecule has 19 heavy (non-hydrogen) atoms. The molecule has 1 aromatic heterocycles. The number of aromatic carboxylic acids is 1. The average Bonchev–Trinajstić information content (AvgIpc) is 2.81. The van der Waals surface area contributed by atoms with E-state index in [1.807, 2.05) is 0 Å². The molecule has 1 amide bonds. The van der Waals surface area contributed by atoms with Crippen molar-refractivity contribution in [1.29, 1.82) is 0 Å². The van der Waals surface area contributed by atoms with E-state index in [-0.39, 0.29) is 17.8 Å². The Morgan fingerprint density at radius 2 is 2.21 bits per heavy atom. The molecule has 1 heterocycles. The van der Waals surface area contributed by atoms with E-state index in [0.717, 1.165) is 18.2 Å². The quantitative estimate of drug-likeness (QED) is 0.872. The molecule has 98 valence electrons. The highest BCUT2D eigenvalue weighted by Crippen LogP contribution is 2.17. The lowest BCUT2D eigenvalue weighted by Crippen LogP contribution is -2.20. The molecule has 0 atom stereocenters. The van der Waals surface area contributed by atoms with Crippen LogP contribution in [-0.4, -0.2) is 26.8 Å². The molecule has 0 aliphatic rings. The van der Waals surface area contributed by atoms with Crippen LogP contribution in [0.2, 0.25) is 0 Å². The number of rotatable bonds is 4. The molecule has 0 radical (unpaired) electrons. The number of carbonyl (C=O) groups excluding carboxylic acids is 1. The average molecular weight is 263 g/mol. The minimum Gasteiger partial charge on any atom is -0.478 e. The number of carboxylic acid groups (broad SMARTS) is 1. The van der Waals surface area contributed by atoms with Crippen LogP contribution in [0, 0.1) is 5.82 Å². The zero-order valence-electron chi connectivity index (χ0n) is 9.71. The van der Waals surface area contributed by atoms with Gasteiger partial charge in [0.1, 0.15) is 12.4 Å². The Morgan fingerprint density at radius 3 is 2.84 bits per heavy atom. The van der Waals surface area contributed by atoms with Gasteiger partial charge in [-0.05, 0) is 24.3 Å². The molecule has 0 spiro atoms. The molecule has 0 unspecified atom stereocenters. The second-order valence-corrected chi connectivity index (χ2v) is 3.75. The van der Waals surface area contributed by atoms with E-state index in [0.29, 0.717) is 0 Å². The smallest absolute Gasteiger partial charge is 0.337 e. The van der Waals surface area contributed by atoms with E-state index in [2.05, 4.69) is 10.4 Å². The zero-order chi connectivity index (χ0) is 13.8. The Morgan fingerprint density at radius 1 is 1.42 bits per heavy atom. The van der Waals surface area contributed by atoms with Crippen LogP contribution < -0.4 is 5.32 Å². The number of hydrogen-bond donors (Lipinski definition) is 2. The molecular formula is C12H10FN3O3. The molecular weight excluding hydrogens is 253 g/mol. The van der Waals surface area contributed by atoms with Gasteiger partial charge in [-0.25, -0.2) is 9.18 Å². The van der Waals surface area contributed by atoms with Gasteiger partial charge in [-0.1, -0.05) is 0 Å². The Kier molecular flexibility index (Phi) is 3.56. The highest BCUT2D eigenvalue weighted by molar-refractivity contribution is 6.00. The molecule has 0 fully saturated rings. The van der Waals surface area contributed by atoms with E-state index in [1.165, 1.54) is 10.9 Å². The van der Waals surface area contributed by atoms with E-state index < -0.39 is 17.7 Å². The van der Waals surface area contributed by atoms with E-state index in [9.17, 15) is 14.0 Å². The van der Waals surface area contributed by atoms with E-state index in [4.69, 9.17) is 5.11 Å². The van der Waals surface area contributed by atoms with Gasteiger partial charge >= 0.3 is 5.97 Å². The summed E-state index contributed by atoms with van der Waals surface area (Å²) in [5, 5.41) is 15.1. The van der Waals surface area contributed by atoms with E-state index >= 15 is 0 Å². The summed E-state index contributed by atoms with van der Waals surface area (Å²) in [5.41, 5.74) is -0.250. The lowest BCUT2D eigenvalue weighted by molar-refractivity contribution is -0.116. The summed E-state index contributed by atoms with van der Waals surface area (Å²) < 4.78 is 14.4. The summed E-state index contributed by atoms with van der Waals surface area (Å²) >= 11 is 0. The van der Waals surface area contributed by atoms with Crippen molar-refractivity contribution in [3.05, 3.63) is 48.0 Å². The van der Waals surface area contributed by atoms with Crippen LogP contribution in [0.25, 0.3) is 0 Å². The molecule has 6 nitrogen and oxygen atoms in total. The number of hydrogen-bond acceptors (Lipinski definition) is 3. The number of carboxylic acids is 1. The maximum absolute atomic E-state index is 13.1. The fourth-order valence-electron chi connectivity index (χ4n) is 1.54. The third-order valence-corrected chi connectivity index (χ3v) is 2.35. The fourth-order valence-corrected chi connectivity index (χ4v) is 1.54. The Hall–Kier alpha value is -2.70. The monoisotopic (exact) mass is 263 g/mol. The van der Waals surface area contributed by atoms with Crippen LogP contribution >= 0.6 is 0 Å². The molecule has 7 heteroatoms. The van der Waals surface area contributed by atoms with Crippen molar-refractivity contribution in [1.82, 2.24) is 9.78 Å². The number of benzene rings is 1. The number of amides is 1. The summed E-state index contributed by atoms with van der Waals surface area (Å²) in [6, 6.07) is 4.73. The van der Waals surface area contributed by atoms with Gasteiger partial charge in [0, 0.05) is 12.4 Å². The fraction of sp³-hybridized carbons (Fsp3) is 0.0833. The molecule has 0 aliphatic carbocycles. The summed E-state index contributed by atoms with van der Waals surface area (Å²) in [6.07, 6.45) is 3.10. The maximum Gasteiger partial charge on any atom is 0.337 e. The third-order valence-electron chi connectivity index (χ3n) is 2.35. The van der Waals surface area contributed by atoms with Crippen molar-refractivity contribution in [3.8, 4) is 0 Å². The molecule has 0 saturated carbocycles. The Labute approximate surface area is 107 Å². The van der Waals surface area contributed by atoms with Gasteiger partial charge in [-0.15, -0.1) is 0 Å². The van der Waals surface area contributed by atoms with Crippen molar-refractivity contribution in [2.45, 2.75) is 6.54 Å².